The quantitative estimate of drug-likeness (QED) is 0.858. The minimum absolute atomic E-state index is 0.0333. The van der Waals surface area contributed by atoms with Crippen molar-refractivity contribution in [2.75, 3.05) is 32.7 Å². The van der Waals surface area contributed by atoms with Crippen molar-refractivity contribution in [2.45, 2.75) is 0 Å². The summed E-state index contributed by atoms with van der Waals surface area (Å²) < 4.78 is 0.694. The second kappa shape index (κ2) is 6.88. The summed E-state index contributed by atoms with van der Waals surface area (Å²) >= 11 is 7.24. The third-order valence-electron chi connectivity index (χ3n) is 3.03. The van der Waals surface area contributed by atoms with E-state index >= 15 is 0 Å². The monoisotopic (exact) mass is 314 g/mol. The highest BCUT2D eigenvalue weighted by Crippen LogP contribution is 2.22. The number of amides is 1. The van der Waals surface area contributed by atoms with E-state index in [1.165, 1.54) is 17.4 Å². The molecule has 0 atom stereocenters. The van der Waals surface area contributed by atoms with Crippen molar-refractivity contribution in [3.8, 4) is 0 Å². The maximum Gasteiger partial charge on any atom is 0.317 e. The van der Waals surface area contributed by atoms with Crippen molar-refractivity contribution < 1.29 is 14.7 Å². The highest BCUT2D eigenvalue weighted by molar-refractivity contribution is 7.17. The van der Waals surface area contributed by atoms with E-state index in [-0.39, 0.29) is 12.5 Å². The Morgan fingerprint density at radius 1 is 1.30 bits per heavy atom. The smallest absolute Gasteiger partial charge is 0.317 e. The molecule has 0 unspecified atom stereocenters. The van der Waals surface area contributed by atoms with E-state index in [1.54, 1.807) is 17.0 Å². The number of hydrogen-bond donors (Lipinski definition) is 1. The van der Waals surface area contributed by atoms with Crippen molar-refractivity contribution >= 4 is 40.9 Å². The molecule has 108 valence electrons. The third kappa shape index (κ3) is 4.33. The number of carbonyl (C=O) groups excluding carboxylic acids is 1. The van der Waals surface area contributed by atoms with Crippen molar-refractivity contribution in [1.29, 1.82) is 0 Å². The van der Waals surface area contributed by atoms with E-state index in [2.05, 4.69) is 0 Å². The highest BCUT2D eigenvalue weighted by atomic mass is 35.5. The van der Waals surface area contributed by atoms with Crippen LogP contribution in [0, 0.1) is 0 Å². The standard InChI is InChI=1S/C13H15ClN2O3S/c14-11-3-1-10(20-11)2-4-12(17)16-7-5-15(6-8-16)9-13(18)19/h1-4H,5-9H2,(H,18,19)/b4-2+. The molecular formula is C13H15ClN2O3S. The van der Waals surface area contributed by atoms with Gasteiger partial charge < -0.3 is 10.0 Å². The Bertz CT molecular complexity index is 521. The molecule has 1 fully saturated rings. The summed E-state index contributed by atoms with van der Waals surface area (Å²) in [6.07, 6.45) is 3.29. The lowest BCUT2D eigenvalue weighted by Gasteiger charge is -2.33. The van der Waals surface area contributed by atoms with Crippen LogP contribution >= 0.6 is 22.9 Å². The van der Waals surface area contributed by atoms with Gasteiger partial charge in [0.05, 0.1) is 10.9 Å². The third-order valence-corrected chi connectivity index (χ3v) is 4.22. The van der Waals surface area contributed by atoms with Crippen molar-refractivity contribution in [3.63, 3.8) is 0 Å². The molecule has 0 bridgehead atoms. The van der Waals surface area contributed by atoms with Gasteiger partial charge in [0, 0.05) is 37.1 Å². The van der Waals surface area contributed by atoms with E-state index in [9.17, 15) is 9.59 Å². The first-order chi connectivity index (χ1) is 9.54. The van der Waals surface area contributed by atoms with Crippen LogP contribution in [0.1, 0.15) is 4.88 Å². The number of thiophene rings is 1. The first-order valence-electron chi connectivity index (χ1n) is 6.21. The molecule has 1 aliphatic rings. The molecule has 0 aromatic carbocycles. The van der Waals surface area contributed by atoms with Gasteiger partial charge in [0.15, 0.2) is 0 Å². The lowest BCUT2D eigenvalue weighted by atomic mass is 10.3. The first kappa shape index (κ1) is 15.0. The van der Waals surface area contributed by atoms with E-state index in [4.69, 9.17) is 16.7 Å². The predicted molar refractivity (Wildman–Crippen MR) is 79.0 cm³/mol. The molecule has 1 saturated heterocycles. The first-order valence-corrected chi connectivity index (χ1v) is 7.40. The van der Waals surface area contributed by atoms with E-state index in [1.807, 2.05) is 11.0 Å². The SMILES string of the molecule is O=C(O)CN1CCN(C(=O)/C=C/c2ccc(Cl)s2)CC1. The van der Waals surface area contributed by atoms with Gasteiger partial charge in [-0.15, -0.1) is 11.3 Å². The molecule has 1 N–H and O–H groups in total. The number of aliphatic carboxylic acids is 1. The van der Waals surface area contributed by atoms with Crippen LogP contribution in [0.4, 0.5) is 0 Å². The van der Waals surface area contributed by atoms with Crippen LogP contribution < -0.4 is 0 Å². The van der Waals surface area contributed by atoms with Gasteiger partial charge in [-0.1, -0.05) is 11.6 Å². The molecule has 2 rings (SSSR count). The van der Waals surface area contributed by atoms with Crippen LogP contribution in [-0.2, 0) is 9.59 Å². The molecule has 1 aromatic rings. The fraction of sp³-hybridized carbons (Fsp3) is 0.385. The number of halogens is 1. The summed E-state index contributed by atoms with van der Waals surface area (Å²) in [6, 6.07) is 3.66. The summed E-state index contributed by atoms with van der Waals surface area (Å²) in [5, 5.41) is 8.71. The van der Waals surface area contributed by atoms with Crippen LogP contribution in [0.3, 0.4) is 0 Å². The second-order valence-corrected chi connectivity index (χ2v) is 6.22. The lowest BCUT2D eigenvalue weighted by molar-refractivity contribution is -0.139. The maximum atomic E-state index is 12.0. The minimum atomic E-state index is -0.834. The molecule has 1 aliphatic heterocycles. The minimum Gasteiger partial charge on any atom is -0.480 e. The van der Waals surface area contributed by atoms with Crippen LogP contribution in [0.25, 0.3) is 6.08 Å². The maximum absolute atomic E-state index is 12.0. The lowest BCUT2D eigenvalue weighted by Crippen LogP contribution is -2.49. The van der Waals surface area contributed by atoms with E-state index in [0.717, 1.165) is 4.88 Å². The average Bonchev–Trinajstić information content (AvgIpc) is 2.82. The van der Waals surface area contributed by atoms with Gasteiger partial charge >= 0.3 is 5.97 Å². The van der Waals surface area contributed by atoms with Crippen LogP contribution in [0.15, 0.2) is 18.2 Å². The zero-order valence-electron chi connectivity index (χ0n) is 10.8. The number of hydrogen-bond acceptors (Lipinski definition) is 4. The normalized spacial score (nSPS) is 16.8. The Morgan fingerprint density at radius 2 is 2.00 bits per heavy atom. The number of rotatable bonds is 4. The summed E-state index contributed by atoms with van der Waals surface area (Å²) in [4.78, 5) is 27.1. The molecule has 2 heterocycles. The Labute approximate surface area is 126 Å². The number of carbonyl (C=O) groups is 2. The molecular weight excluding hydrogens is 300 g/mol. The Kier molecular flexibility index (Phi) is 5.17. The number of piperazine rings is 1. The topological polar surface area (TPSA) is 60.9 Å². The van der Waals surface area contributed by atoms with Gasteiger partial charge in [-0.2, -0.15) is 0 Å². The number of carboxylic acids is 1. The largest absolute Gasteiger partial charge is 0.480 e. The Balaban J connectivity index is 1.82. The van der Waals surface area contributed by atoms with Gasteiger partial charge in [0.25, 0.3) is 0 Å². The van der Waals surface area contributed by atoms with Crippen molar-refractivity contribution in [1.82, 2.24) is 9.80 Å². The molecule has 5 nitrogen and oxygen atoms in total. The zero-order chi connectivity index (χ0) is 14.5. The molecule has 20 heavy (non-hydrogen) atoms. The Morgan fingerprint density at radius 3 is 2.55 bits per heavy atom. The van der Waals surface area contributed by atoms with Gasteiger partial charge in [-0.25, -0.2) is 0 Å². The summed E-state index contributed by atoms with van der Waals surface area (Å²) in [6.45, 7) is 2.34. The fourth-order valence-electron chi connectivity index (χ4n) is 1.99. The highest BCUT2D eigenvalue weighted by Gasteiger charge is 2.20. The molecule has 1 aromatic heterocycles. The van der Waals surface area contributed by atoms with Crippen LogP contribution in [0.2, 0.25) is 4.34 Å². The molecule has 1 amide bonds. The van der Waals surface area contributed by atoms with Gasteiger partial charge in [0.1, 0.15) is 0 Å². The number of nitrogens with zero attached hydrogens (tertiary/aromatic N) is 2. The molecule has 0 radical (unpaired) electrons. The van der Waals surface area contributed by atoms with Crippen LogP contribution in [0.5, 0.6) is 0 Å². The van der Waals surface area contributed by atoms with E-state index < -0.39 is 5.97 Å². The fourth-order valence-corrected chi connectivity index (χ4v) is 2.96. The Hall–Kier alpha value is -1.37. The summed E-state index contributed by atoms with van der Waals surface area (Å²) in [5.41, 5.74) is 0. The van der Waals surface area contributed by atoms with Crippen molar-refractivity contribution in [3.05, 3.63) is 27.4 Å². The summed E-state index contributed by atoms with van der Waals surface area (Å²) in [7, 11) is 0. The number of carboxylic acid groups (broad SMARTS) is 1. The summed E-state index contributed by atoms with van der Waals surface area (Å²) in [5.74, 6) is -0.885. The van der Waals surface area contributed by atoms with E-state index in [0.29, 0.717) is 30.5 Å². The van der Waals surface area contributed by atoms with Gasteiger partial charge in [0.2, 0.25) is 5.91 Å². The van der Waals surface area contributed by atoms with Gasteiger partial charge in [-0.3, -0.25) is 14.5 Å². The second-order valence-electron chi connectivity index (χ2n) is 4.47. The zero-order valence-corrected chi connectivity index (χ0v) is 12.4. The van der Waals surface area contributed by atoms with Gasteiger partial charge in [-0.05, 0) is 18.2 Å². The molecule has 0 spiro atoms. The molecule has 0 saturated carbocycles. The molecule has 0 aliphatic carbocycles. The average molecular weight is 315 g/mol. The molecule has 7 heteroatoms. The van der Waals surface area contributed by atoms with Crippen LogP contribution in [-0.4, -0.2) is 59.5 Å². The van der Waals surface area contributed by atoms with Crippen molar-refractivity contribution in [2.24, 2.45) is 0 Å². The predicted octanol–water partition coefficient (Wildman–Crippen LogP) is 1.64.